The minimum absolute atomic E-state index is 0.0276. The number of rotatable bonds is 8. The smallest absolute Gasteiger partial charge is 0.272 e. The second kappa shape index (κ2) is 15.9. The molecule has 12 nitrogen and oxygen atoms in total. The van der Waals surface area contributed by atoms with Gasteiger partial charge in [-0.05, 0) is 76.3 Å². The third-order valence-corrected chi connectivity index (χ3v) is 11.6. The number of benzene rings is 1. The Morgan fingerprint density at radius 2 is 0.860 bits per heavy atom. The number of carbonyl (C=O) groups excluding carboxylic acids is 4. The van der Waals surface area contributed by atoms with E-state index in [1.165, 1.54) is 34.1 Å². The molecule has 0 bridgehead atoms. The number of nitrogens with two attached hydrogens (primary N) is 2. The van der Waals surface area contributed by atoms with Crippen LogP contribution in [0.15, 0.2) is 24.3 Å². The highest BCUT2D eigenvalue weighted by Crippen LogP contribution is 2.33. The van der Waals surface area contributed by atoms with E-state index in [-0.39, 0.29) is 61.0 Å². The van der Waals surface area contributed by atoms with Crippen LogP contribution in [0.1, 0.15) is 62.5 Å². The highest BCUT2D eigenvalue weighted by molar-refractivity contribution is 5.92. The fourth-order valence-corrected chi connectivity index (χ4v) is 8.01. The largest absolute Gasteiger partial charge is 0.366 e. The van der Waals surface area contributed by atoms with Crippen molar-refractivity contribution in [3.05, 3.63) is 35.4 Å². The van der Waals surface area contributed by atoms with Crippen molar-refractivity contribution in [2.45, 2.75) is 62.6 Å². The van der Waals surface area contributed by atoms with Gasteiger partial charge in [-0.15, -0.1) is 12.8 Å². The normalized spacial score (nSPS) is 26.9. The summed E-state index contributed by atoms with van der Waals surface area (Å²) in [5.74, 6) is 4.18. The molecule has 6 N–H and O–H groups in total. The molecule has 12 heteroatoms. The van der Waals surface area contributed by atoms with Crippen LogP contribution in [-0.2, 0) is 30.4 Å². The maximum Gasteiger partial charge on any atom is 0.272 e. The van der Waals surface area contributed by atoms with Crippen molar-refractivity contribution in [1.82, 2.24) is 19.6 Å². The minimum Gasteiger partial charge on any atom is -0.366 e. The summed E-state index contributed by atoms with van der Waals surface area (Å²) in [6, 6.07) is 5.54. The van der Waals surface area contributed by atoms with Crippen molar-refractivity contribution < 1.29 is 29.4 Å². The fourth-order valence-electron chi connectivity index (χ4n) is 8.01. The van der Waals surface area contributed by atoms with Gasteiger partial charge in [0.15, 0.2) is 0 Å². The predicted octanol–water partition coefficient (Wildman–Crippen LogP) is 0.200. The SMILES string of the molecule is C#CC(O)(C(=O)N1CCN(C(=O)C2CCC(CN)CC2)CC1)c1ccc(C(O)(C#C)C(=O)N2CCN(C(=O)C3CCC(CN)CC3)CC2)cc1. The molecule has 2 atom stereocenters. The maximum absolute atomic E-state index is 13.6. The zero-order valence-electron chi connectivity index (χ0n) is 29.0. The lowest BCUT2D eigenvalue weighted by molar-refractivity contribution is -0.152. The van der Waals surface area contributed by atoms with Crippen LogP contribution in [0.2, 0.25) is 0 Å². The zero-order chi connectivity index (χ0) is 36.1. The van der Waals surface area contributed by atoms with Gasteiger partial charge in [0.1, 0.15) is 0 Å². The molecular weight excluding hydrogens is 636 g/mol. The molecule has 2 unspecified atom stereocenters. The van der Waals surface area contributed by atoms with Gasteiger partial charge in [0.2, 0.25) is 23.0 Å². The van der Waals surface area contributed by atoms with Gasteiger partial charge in [0, 0.05) is 75.3 Å². The Morgan fingerprint density at radius 3 is 1.12 bits per heavy atom. The molecule has 2 aliphatic heterocycles. The molecule has 1 aromatic carbocycles. The number of aliphatic hydroxyl groups is 2. The number of carbonyl (C=O) groups is 4. The first-order chi connectivity index (χ1) is 24.0. The van der Waals surface area contributed by atoms with Crippen LogP contribution in [0.4, 0.5) is 0 Å². The second-order valence-corrected chi connectivity index (χ2v) is 14.4. The summed E-state index contributed by atoms with van der Waals surface area (Å²) in [6.45, 7) is 3.57. The first-order valence-corrected chi connectivity index (χ1v) is 18.1. The Balaban J connectivity index is 1.17. The highest BCUT2D eigenvalue weighted by Gasteiger charge is 2.44. The minimum atomic E-state index is -2.31. The lowest BCUT2D eigenvalue weighted by atomic mass is 9.81. The number of hydrogen-bond donors (Lipinski definition) is 4. The number of piperazine rings is 2. The molecule has 2 heterocycles. The van der Waals surface area contributed by atoms with Gasteiger partial charge < -0.3 is 41.3 Å². The molecule has 1 aromatic rings. The zero-order valence-corrected chi connectivity index (χ0v) is 29.0. The van der Waals surface area contributed by atoms with E-state index < -0.39 is 23.0 Å². The van der Waals surface area contributed by atoms with Crippen LogP contribution in [0.25, 0.3) is 0 Å². The summed E-state index contributed by atoms with van der Waals surface area (Å²) >= 11 is 0. The van der Waals surface area contributed by atoms with Crippen LogP contribution < -0.4 is 11.5 Å². The van der Waals surface area contributed by atoms with Gasteiger partial charge in [-0.3, -0.25) is 19.2 Å². The van der Waals surface area contributed by atoms with Crippen LogP contribution in [0, 0.1) is 48.4 Å². The Labute approximate surface area is 295 Å². The lowest BCUT2D eigenvalue weighted by Crippen LogP contribution is -2.56. The average Bonchev–Trinajstić information content (AvgIpc) is 3.19. The van der Waals surface area contributed by atoms with E-state index in [0.717, 1.165) is 51.4 Å². The highest BCUT2D eigenvalue weighted by atomic mass is 16.3. The summed E-state index contributed by atoms with van der Waals surface area (Å²) in [4.78, 5) is 59.9. The molecule has 2 aliphatic carbocycles. The number of hydrogen-bond acceptors (Lipinski definition) is 8. The summed E-state index contributed by atoms with van der Waals surface area (Å²) in [6.07, 6.45) is 18.5. The number of nitrogens with zero attached hydrogens (tertiary/aromatic N) is 4. The lowest BCUT2D eigenvalue weighted by Gasteiger charge is -2.40. The third kappa shape index (κ3) is 7.54. The Kier molecular flexibility index (Phi) is 11.9. The van der Waals surface area contributed by atoms with Gasteiger partial charge in [-0.2, -0.15) is 0 Å². The standard InChI is InChI=1S/C38H52N6O6/c1-3-37(49,35(47)43-21-17-41(18-22-43)33(45)29-9-5-27(25-39)6-10-29)31-13-15-32(16-14-31)38(50,4-2)36(48)44-23-19-42(20-24-44)34(46)30-11-7-28(26-40)8-12-30/h1-2,13-16,27-30,49-50H,5-12,17-26,39-40H2. The summed E-state index contributed by atoms with van der Waals surface area (Å²) in [5, 5.41) is 22.9. The molecule has 4 amide bonds. The van der Waals surface area contributed by atoms with Crippen LogP contribution in [-0.4, -0.2) is 119 Å². The van der Waals surface area contributed by atoms with E-state index >= 15 is 0 Å². The third-order valence-electron chi connectivity index (χ3n) is 11.6. The maximum atomic E-state index is 13.6. The monoisotopic (exact) mass is 688 g/mol. The van der Waals surface area contributed by atoms with E-state index in [1.807, 2.05) is 0 Å². The fraction of sp³-hybridized carbons (Fsp3) is 0.632. The molecule has 4 aliphatic rings. The molecule has 50 heavy (non-hydrogen) atoms. The van der Waals surface area contributed by atoms with Crippen molar-refractivity contribution >= 4 is 23.6 Å². The molecule has 0 radical (unpaired) electrons. The van der Waals surface area contributed by atoms with Crippen molar-refractivity contribution in [3.63, 3.8) is 0 Å². The summed E-state index contributed by atoms with van der Waals surface area (Å²) < 4.78 is 0. The molecule has 270 valence electrons. The van der Waals surface area contributed by atoms with E-state index in [0.29, 0.717) is 51.1 Å². The van der Waals surface area contributed by atoms with E-state index in [2.05, 4.69) is 11.8 Å². The average molecular weight is 689 g/mol. The first kappa shape index (κ1) is 37.3. The number of terminal acetylenes is 2. The van der Waals surface area contributed by atoms with Gasteiger partial charge in [0.25, 0.3) is 11.8 Å². The Morgan fingerprint density at radius 1 is 0.580 bits per heavy atom. The molecular formula is C38H52N6O6. The Bertz CT molecular complexity index is 1360. The van der Waals surface area contributed by atoms with Crippen LogP contribution in [0.5, 0.6) is 0 Å². The Hall–Kier alpha value is -3.94. The first-order valence-electron chi connectivity index (χ1n) is 18.1. The summed E-state index contributed by atoms with van der Waals surface area (Å²) in [5.41, 5.74) is 7.14. The van der Waals surface area contributed by atoms with Crippen LogP contribution in [0.3, 0.4) is 0 Å². The van der Waals surface area contributed by atoms with Gasteiger partial charge >= 0.3 is 0 Å². The van der Waals surface area contributed by atoms with Crippen LogP contribution >= 0.6 is 0 Å². The van der Waals surface area contributed by atoms with Crippen molar-refractivity contribution in [1.29, 1.82) is 0 Å². The van der Waals surface area contributed by atoms with E-state index in [9.17, 15) is 29.4 Å². The topological polar surface area (TPSA) is 174 Å². The number of amides is 4. The molecule has 5 rings (SSSR count). The molecule has 2 saturated carbocycles. The second-order valence-electron chi connectivity index (χ2n) is 14.4. The molecule has 0 spiro atoms. The van der Waals surface area contributed by atoms with Crippen molar-refractivity contribution in [3.8, 4) is 24.7 Å². The molecule has 0 aromatic heterocycles. The van der Waals surface area contributed by atoms with Crippen molar-refractivity contribution in [2.24, 2.45) is 35.1 Å². The van der Waals surface area contributed by atoms with Gasteiger partial charge in [0.05, 0.1) is 0 Å². The predicted molar refractivity (Wildman–Crippen MR) is 187 cm³/mol. The van der Waals surface area contributed by atoms with Gasteiger partial charge in [-0.25, -0.2) is 0 Å². The quantitative estimate of drug-likeness (QED) is 0.281. The molecule has 2 saturated heterocycles. The summed E-state index contributed by atoms with van der Waals surface area (Å²) in [7, 11) is 0. The van der Waals surface area contributed by atoms with Gasteiger partial charge in [-0.1, -0.05) is 36.1 Å². The van der Waals surface area contributed by atoms with E-state index in [4.69, 9.17) is 24.3 Å². The van der Waals surface area contributed by atoms with E-state index in [1.54, 1.807) is 9.80 Å². The molecule has 4 fully saturated rings. The van der Waals surface area contributed by atoms with Crippen molar-refractivity contribution in [2.75, 3.05) is 65.4 Å².